The van der Waals surface area contributed by atoms with Gasteiger partial charge in [0.1, 0.15) is 5.70 Å². The molecule has 0 N–H and O–H groups in total. The lowest BCUT2D eigenvalue weighted by atomic mass is 10.1. The number of benzene rings is 2. The highest BCUT2D eigenvalue weighted by Crippen LogP contribution is 2.30. The highest BCUT2D eigenvalue weighted by atomic mass is 35.5. The molecule has 2 aromatic carbocycles. The summed E-state index contributed by atoms with van der Waals surface area (Å²) in [6, 6.07) is 14.2. The van der Waals surface area contributed by atoms with E-state index in [-0.39, 0.29) is 5.91 Å². The Kier molecular flexibility index (Phi) is 5.19. The molecule has 148 valence electrons. The third-order valence-corrected chi connectivity index (χ3v) is 6.36. The zero-order chi connectivity index (χ0) is 20.7. The Hall–Kier alpha value is -2.63. The second-order valence-electron chi connectivity index (χ2n) is 7.21. The minimum Gasteiger partial charge on any atom is -0.342 e. The topological polar surface area (TPSA) is 28.5 Å². The molecule has 3 aromatic rings. The normalized spacial score (nSPS) is 15.9. The van der Waals surface area contributed by atoms with E-state index in [4.69, 9.17) is 23.8 Å². The molecule has 4 rings (SSSR count). The average molecular weight is 424 g/mol. The van der Waals surface area contributed by atoms with Crippen molar-refractivity contribution in [1.82, 2.24) is 14.4 Å². The van der Waals surface area contributed by atoms with Crippen molar-refractivity contribution in [3.63, 3.8) is 0 Å². The number of para-hydroxylation sites is 1. The molecule has 0 bridgehead atoms. The van der Waals surface area contributed by atoms with Gasteiger partial charge in [0.15, 0.2) is 5.11 Å². The number of rotatable bonds is 4. The number of hydrogen-bond acceptors (Lipinski definition) is 2. The van der Waals surface area contributed by atoms with Crippen molar-refractivity contribution < 1.29 is 4.79 Å². The van der Waals surface area contributed by atoms with Crippen molar-refractivity contribution in [1.29, 1.82) is 0 Å². The van der Waals surface area contributed by atoms with Gasteiger partial charge in [0.2, 0.25) is 0 Å². The lowest BCUT2D eigenvalue weighted by molar-refractivity contribution is -0.121. The number of carbonyl (C=O) groups excluding carboxylic acids is 1. The van der Waals surface area contributed by atoms with Gasteiger partial charge in [0, 0.05) is 42.8 Å². The maximum absolute atomic E-state index is 12.6. The Bertz CT molecular complexity index is 1160. The summed E-state index contributed by atoms with van der Waals surface area (Å²) < 4.78 is 2.23. The van der Waals surface area contributed by atoms with E-state index in [1.165, 1.54) is 16.0 Å². The fourth-order valence-corrected chi connectivity index (χ4v) is 4.21. The highest BCUT2D eigenvalue weighted by molar-refractivity contribution is 7.80. The first-order valence-corrected chi connectivity index (χ1v) is 10.3. The van der Waals surface area contributed by atoms with Crippen LogP contribution in [0.15, 0.2) is 54.4 Å². The molecule has 2 heterocycles. The molecule has 0 radical (unpaired) electrons. The summed E-state index contributed by atoms with van der Waals surface area (Å²) in [5.74, 6) is -0.0869. The molecule has 1 aliphatic heterocycles. The molecule has 1 aromatic heterocycles. The van der Waals surface area contributed by atoms with Crippen LogP contribution in [0.1, 0.15) is 23.6 Å². The van der Waals surface area contributed by atoms with Gasteiger partial charge in [-0.05, 0) is 41.9 Å². The van der Waals surface area contributed by atoms with Gasteiger partial charge in [-0.2, -0.15) is 0 Å². The van der Waals surface area contributed by atoms with Gasteiger partial charge in [-0.1, -0.05) is 54.9 Å². The number of aryl methyl sites for hydroxylation is 1. The Labute approximate surface area is 181 Å². The standard InChI is InChI=1S/C23H22ClN3OS/c1-4-15-9-7-10-18-17(12-20-22(28)26(3)23(29)25(20)2)14-27(21(15)18)13-16-8-5-6-11-19(16)24/h5-12,14H,4,13H2,1-3H3/b20-12-. The Morgan fingerprint density at radius 1 is 1.03 bits per heavy atom. The molecule has 1 saturated heterocycles. The van der Waals surface area contributed by atoms with Crippen molar-refractivity contribution in [2.45, 2.75) is 19.9 Å². The molecule has 1 fully saturated rings. The van der Waals surface area contributed by atoms with Crippen LogP contribution < -0.4 is 0 Å². The lowest BCUT2D eigenvalue weighted by Crippen LogP contribution is -2.26. The molecule has 0 spiro atoms. The van der Waals surface area contributed by atoms with Gasteiger partial charge in [0.25, 0.3) is 5.91 Å². The Morgan fingerprint density at radius 2 is 1.76 bits per heavy atom. The van der Waals surface area contributed by atoms with Gasteiger partial charge in [-0.15, -0.1) is 0 Å². The number of likely N-dealkylation sites (N-methyl/N-ethyl adjacent to an activating group) is 2. The van der Waals surface area contributed by atoms with Crippen LogP contribution in [0.2, 0.25) is 5.02 Å². The maximum atomic E-state index is 12.6. The lowest BCUT2D eigenvalue weighted by Gasteiger charge is -2.10. The minimum atomic E-state index is -0.0869. The fourth-order valence-electron chi connectivity index (χ4n) is 3.84. The van der Waals surface area contributed by atoms with E-state index in [2.05, 4.69) is 35.9 Å². The Morgan fingerprint density at radius 3 is 2.41 bits per heavy atom. The van der Waals surface area contributed by atoms with E-state index in [9.17, 15) is 4.79 Å². The van der Waals surface area contributed by atoms with Crippen molar-refractivity contribution in [2.24, 2.45) is 0 Å². The number of fused-ring (bicyclic) bond motifs is 1. The summed E-state index contributed by atoms with van der Waals surface area (Å²) in [4.78, 5) is 15.9. The van der Waals surface area contributed by atoms with Gasteiger partial charge in [-0.25, -0.2) is 0 Å². The molecule has 4 nitrogen and oxygen atoms in total. The van der Waals surface area contributed by atoms with Crippen molar-refractivity contribution in [2.75, 3.05) is 14.1 Å². The smallest absolute Gasteiger partial charge is 0.276 e. The highest BCUT2D eigenvalue weighted by Gasteiger charge is 2.33. The summed E-state index contributed by atoms with van der Waals surface area (Å²) in [6.07, 6.45) is 4.96. The predicted molar refractivity (Wildman–Crippen MR) is 123 cm³/mol. The summed E-state index contributed by atoms with van der Waals surface area (Å²) in [5, 5.41) is 2.38. The second kappa shape index (κ2) is 7.65. The Balaban J connectivity index is 1.88. The fraction of sp³-hybridized carbons (Fsp3) is 0.217. The number of hydrogen-bond donors (Lipinski definition) is 0. The van der Waals surface area contributed by atoms with Crippen molar-refractivity contribution in [3.8, 4) is 0 Å². The SMILES string of the molecule is CCc1cccc2c(/C=C3/C(=O)N(C)C(=S)N3C)cn(Cc3ccccc3Cl)c12. The van der Waals surface area contributed by atoms with E-state index < -0.39 is 0 Å². The number of nitrogens with zero attached hydrogens (tertiary/aromatic N) is 3. The van der Waals surface area contributed by atoms with E-state index in [0.717, 1.165) is 28.0 Å². The van der Waals surface area contributed by atoms with E-state index >= 15 is 0 Å². The van der Waals surface area contributed by atoms with Crippen molar-refractivity contribution in [3.05, 3.63) is 76.1 Å². The van der Waals surface area contributed by atoms with Gasteiger partial charge in [0.05, 0.1) is 5.52 Å². The summed E-state index contributed by atoms with van der Waals surface area (Å²) >= 11 is 11.8. The third-order valence-electron chi connectivity index (χ3n) is 5.44. The molecule has 0 aliphatic carbocycles. The van der Waals surface area contributed by atoms with Gasteiger partial charge >= 0.3 is 0 Å². The first kappa shape index (κ1) is 19.7. The van der Waals surface area contributed by atoms with E-state index in [1.807, 2.05) is 37.4 Å². The predicted octanol–water partition coefficient (Wildman–Crippen LogP) is 4.94. The monoisotopic (exact) mass is 423 g/mol. The quantitative estimate of drug-likeness (QED) is 0.439. The third kappa shape index (κ3) is 3.34. The molecule has 1 aliphatic rings. The number of amides is 1. The zero-order valence-corrected chi connectivity index (χ0v) is 18.2. The van der Waals surface area contributed by atoms with Crippen LogP contribution in [0.5, 0.6) is 0 Å². The zero-order valence-electron chi connectivity index (χ0n) is 16.6. The van der Waals surface area contributed by atoms with Crippen LogP contribution in [-0.2, 0) is 17.8 Å². The second-order valence-corrected chi connectivity index (χ2v) is 7.98. The number of carbonyl (C=O) groups is 1. The number of aromatic nitrogens is 1. The van der Waals surface area contributed by atoms with Crippen LogP contribution in [-0.4, -0.2) is 39.5 Å². The van der Waals surface area contributed by atoms with Crippen LogP contribution >= 0.6 is 23.8 Å². The molecule has 0 atom stereocenters. The van der Waals surface area contributed by atoms with Crippen LogP contribution in [0.25, 0.3) is 17.0 Å². The maximum Gasteiger partial charge on any atom is 0.276 e. The largest absolute Gasteiger partial charge is 0.342 e. The average Bonchev–Trinajstić information content (AvgIpc) is 3.16. The molecule has 0 unspecified atom stereocenters. The van der Waals surface area contributed by atoms with Gasteiger partial charge < -0.3 is 9.47 Å². The van der Waals surface area contributed by atoms with Crippen LogP contribution in [0.3, 0.4) is 0 Å². The summed E-state index contributed by atoms with van der Waals surface area (Å²) in [7, 11) is 3.54. The van der Waals surface area contributed by atoms with E-state index in [1.54, 1.807) is 11.9 Å². The molecule has 29 heavy (non-hydrogen) atoms. The number of halogens is 1. The summed E-state index contributed by atoms with van der Waals surface area (Å²) in [6.45, 7) is 2.82. The first-order valence-electron chi connectivity index (χ1n) is 9.54. The molecule has 1 amide bonds. The molecular formula is C23H22ClN3OS. The van der Waals surface area contributed by atoms with Gasteiger partial charge in [-0.3, -0.25) is 9.69 Å². The summed E-state index contributed by atoms with van der Waals surface area (Å²) in [5.41, 5.74) is 5.07. The number of thiocarbonyl (C=S) groups is 1. The van der Waals surface area contributed by atoms with Crippen LogP contribution in [0.4, 0.5) is 0 Å². The van der Waals surface area contributed by atoms with Crippen molar-refractivity contribution >= 4 is 51.8 Å². The molecular weight excluding hydrogens is 402 g/mol. The van der Waals surface area contributed by atoms with Crippen LogP contribution in [0, 0.1) is 0 Å². The van der Waals surface area contributed by atoms with E-state index in [0.29, 0.717) is 17.4 Å². The first-order chi connectivity index (χ1) is 13.9. The molecule has 6 heteroatoms. The minimum absolute atomic E-state index is 0.0869. The molecule has 0 saturated carbocycles.